The molecule has 2 aliphatic rings. The van der Waals surface area contributed by atoms with E-state index in [1.165, 1.54) is 12.3 Å². The number of hydrogen-bond donors (Lipinski definition) is 4. The highest BCUT2D eigenvalue weighted by Gasteiger charge is 2.54. The second-order valence-corrected chi connectivity index (χ2v) is 5.90. The molecule has 3 heterocycles. The highest BCUT2D eigenvalue weighted by Crippen LogP contribution is 2.51. The number of phosphoric ester groups is 1. The number of nitrogens with zero attached hydrogens (tertiary/aromatic N) is 1. The lowest BCUT2D eigenvalue weighted by Crippen LogP contribution is -2.58. The van der Waals surface area contributed by atoms with Gasteiger partial charge in [0, 0.05) is 6.07 Å². The number of aromatic nitrogens is 2. The van der Waals surface area contributed by atoms with Crippen molar-refractivity contribution in [2.75, 3.05) is 12.3 Å². The SMILES string of the molecule is Nc1cc[n+](C2OC3COP(=O)(O)OC2C3O)c(=O)[nH]1. The van der Waals surface area contributed by atoms with Crippen molar-refractivity contribution in [1.29, 1.82) is 0 Å². The molecular weight excluding hydrogens is 293 g/mol. The van der Waals surface area contributed by atoms with Crippen molar-refractivity contribution in [2.24, 2.45) is 0 Å². The molecule has 0 saturated carbocycles. The first-order valence-corrected chi connectivity index (χ1v) is 7.26. The maximum absolute atomic E-state index is 11.8. The van der Waals surface area contributed by atoms with Gasteiger partial charge in [-0.2, -0.15) is 14.3 Å². The molecule has 5 atom stereocenters. The molecule has 5 unspecified atom stereocenters. The van der Waals surface area contributed by atoms with Crippen LogP contribution in [-0.2, 0) is 18.3 Å². The Morgan fingerprint density at radius 3 is 3.00 bits per heavy atom. The molecule has 0 amide bonds. The molecule has 2 saturated heterocycles. The van der Waals surface area contributed by atoms with E-state index in [1.807, 2.05) is 0 Å². The lowest BCUT2D eigenvalue weighted by molar-refractivity contribution is -0.779. The minimum atomic E-state index is -4.28. The molecule has 2 aliphatic heterocycles. The molecule has 5 N–H and O–H groups in total. The van der Waals surface area contributed by atoms with Crippen molar-refractivity contribution < 1.29 is 32.9 Å². The van der Waals surface area contributed by atoms with E-state index < -0.39 is 38.1 Å². The quantitative estimate of drug-likeness (QED) is 0.344. The Balaban J connectivity index is 1.99. The predicted octanol–water partition coefficient (Wildman–Crippen LogP) is -1.98. The van der Waals surface area contributed by atoms with Gasteiger partial charge in [-0.1, -0.05) is 0 Å². The topological polar surface area (TPSA) is 148 Å². The fraction of sp³-hybridized carbons (Fsp3) is 0.556. The third kappa shape index (κ3) is 2.26. The van der Waals surface area contributed by atoms with E-state index in [0.717, 1.165) is 4.57 Å². The number of anilines is 1. The third-order valence-corrected chi connectivity index (χ3v) is 4.13. The monoisotopic (exact) mass is 306 g/mol. The van der Waals surface area contributed by atoms with Crippen LogP contribution in [0.5, 0.6) is 0 Å². The van der Waals surface area contributed by atoms with Crippen molar-refractivity contribution in [3.8, 4) is 0 Å². The third-order valence-electron chi connectivity index (χ3n) is 3.14. The van der Waals surface area contributed by atoms with E-state index >= 15 is 0 Å². The average Bonchev–Trinajstić information content (AvgIpc) is 2.58. The first kappa shape index (κ1) is 13.7. The Kier molecular flexibility index (Phi) is 3.16. The molecule has 1 aromatic heterocycles. The first-order valence-electron chi connectivity index (χ1n) is 5.76. The second-order valence-electron chi connectivity index (χ2n) is 4.50. The standard InChI is InChI=1S/C9H12N3O7P/c10-5-1-2-12(9(14)11-5)8-7-6(13)4(18-8)3-17-20(15,16)19-7/h1-2,4,6-8,13H,3H2,(H3,10,11,14,15,16)/p+1. The van der Waals surface area contributed by atoms with Gasteiger partial charge in [-0.3, -0.25) is 9.05 Å². The summed E-state index contributed by atoms with van der Waals surface area (Å²) >= 11 is 0. The summed E-state index contributed by atoms with van der Waals surface area (Å²) < 4.78 is 27.6. The molecular formula is C9H13N3O7P+. The molecule has 1 aromatic rings. The van der Waals surface area contributed by atoms with Crippen molar-refractivity contribution in [2.45, 2.75) is 24.5 Å². The summed E-state index contributed by atoms with van der Waals surface area (Å²) in [7, 11) is -4.28. The van der Waals surface area contributed by atoms with Crippen LogP contribution in [0.1, 0.15) is 6.23 Å². The number of hydrogen-bond acceptors (Lipinski definition) is 7. The Bertz CT molecular complexity index is 634. The fourth-order valence-electron chi connectivity index (χ4n) is 2.20. The maximum atomic E-state index is 11.8. The number of nitrogens with two attached hydrogens (primary N) is 1. The number of fused-ring (bicyclic) bond motifs is 2. The lowest BCUT2D eigenvalue weighted by Gasteiger charge is -2.20. The fourth-order valence-corrected chi connectivity index (χ4v) is 3.14. The Morgan fingerprint density at radius 1 is 1.55 bits per heavy atom. The van der Waals surface area contributed by atoms with E-state index in [1.54, 1.807) is 0 Å². The summed E-state index contributed by atoms with van der Waals surface area (Å²) in [6.45, 7) is -0.310. The Morgan fingerprint density at radius 2 is 2.30 bits per heavy atom. The van der Waals surface area contributed by atoms with Crippen molar-refractivity contribution >= 4 is 13.6 Å². The van der Waals surface area contributed by atoms with Gasteiger partial charge in [0.1, 0.15) is 18.4 Å². The minimum Gasteiger partial charge on any atom is -0.387 e. The van der Waals surface area contributed by atoms with Crippen LogP contribution in [0.25, 0.3) is 0 Å². The van der Waals surface area contributed by atoms with E-state index in [4.69, 9.17) is 15.0 Å². The number of rotatable bonds is 1. The highest BCUT2D eigenvalue weighted by atomic mass is 31.2. The summed E-state index contributed by atoms with van der Waals surface area (Å²) in [6, 6.07) is 1.42. The number of aliphatic hydroxyl groups is 1. The molecule has 2 fully saturated rings. The number of phosphoric acid groups is 1. The van der Waals surface area contributed by atoms with Gasteiger partial charge in [0.15, 0.2) is 11.9 Å². The Labute approximate surface area is 112 Å². The summed E-state index contributed by atoms with van der Waals surface area (Å²) in [4.78, 5) is 23.6. The minimum absolute atomic E-state index is 0.155. The molecule has 11 heteroatoms. The number of H-pyrrole nitrogens is 1. The lowest BCUT2D eigenvalue weighted by atomic mass is 10.1. The van der Waals surface area contributed by atoms with Crippen LogP contribution in [0, 0.1) is 0 Å². The number of nitrogen functional groups attached to an aromatic ring is 1. The largest absolute Gasteiger partial charge is 0.499 e. The first-order chi connectivity index (χ1) is 9.37. The van der Waals surface area contributed by atoms with E-state index in [2.05, 4.69) is 9.51 Å². The van der Waals surface area contributed by atoms with Crippen LogP contribution in [0.2, 0.25) is 0 Å². The van der Waals surface area contributed by atoms with E-state index in [0.29, 0.717) is 0 Å². The predicted molar refractivity (Wildman–Crippen MR) is 62.2 cm³/mol. The molecule has 0 aromatic carbocycles. The number of aliphatic hydroxyl groups excluding tert-OH is 1. The van der Waals surface area contributed by atoms with Crippen molar-refractivity contribution in [1.82, 2.24) is 4.98 Å². The molecule has 110 valence electrons. The molecule has 10 nitrogen and oxygen atoms in total. The van der Waals surface area contributed by atoms with Crippen LogP contribution in [0.3, 0.4) is 0 Å². The van der Waals surface area contributed by atoms with Crippen LogP contribution < -0.4 is 16.0 Å². The summed E-state index contributed by atoms with van der Waals surface area (Å²) in [5.41, 5.74) is 4.84. The summed E-state index contributed by atoms with van der Waals surface area (Å²) in [5, 5.41) is 9.99. The molecule has 0 aliphatic carbocycles. The molecule has 2 bridgehead atoms. The van der Waals surface area contributed by atoms with E-state index in [-0.39, 0.29) is 12.4 Å². The summed E-state index contributed by atoms with van der Waals surface area (Å²) in [5.74, 6) is 0.155. The van der Waals surface area contributed by atoms with Gasteiger partial charge in [-0.05, 0) is 0 Å². The second kappa shape index (κ2) is 4.62. The maximum Gasteiger partial charge on any atom is 0.499 e. The zero-order valence-corrected chi connectivity index (χ0v) is 11.0. The van der Waals surface area contributed by atoms with Gasteiger partial charge in [-0.15, -0.1) is 0 Å². The van der Waals surface area contributed by atoms with Gasteiger partial charge in [0.05, 0.1) is 6.61 Å². The number of aromatic amines is 1. The molecule has 0 radical (unpaired) electrons. The van der Waals surface area contributed by atoms with Crippen LogP contribution in [0.15, 0.2) is 17.1 Å². The highest BCUT2D eigenvalue weighted by molar-refractivity contribution is 7.47. The van der Waals surface area contributed by atoms with Gasteiger partial charge < -0.3 is 20.5 Å². The number of ether oxygens (including phenoxy) is 1. The molecule has 3 rings (SSSR count). The Hall–Kier alpha value is -1.29. The number of nitrogens with one attached hydrogen (secondary N) is 1. The van der Waals surface area contributed by atoms with Crippen LogP contribution >= 0.6 is 7.82 Å². The van der Waals surface area contributed by atoms with Crippen molar-refractivity contribution in [3.63, 3.8) is 0 Å². The van der Waals surface area contributed by atoms with Crippen LogP contribution in [0.4, 0.5) is 5.82 Å². The molecule has 0 spiro atoms. The van der Waals surface area contributed by atoms with Crippen molar-refractivity contribution in [3.05, 3.63) is 22.7 Å². The van der Waals surface area contributed by atoms with Gasteiger partial charge >= 0.3 is 13.5 Å². The van der Waals surface area contributed by atoms with Gasteiger partial charge in [-0.25, -0.2) is 4.57 Å². The zero-order valence-electron chi connectivity index (χ0n) is 10.1. The van der Waals surface area contributed by atoms with Gasteiger partial charge in [0.2, 0.25) is 6.23 Å². The molecule has 20 heavy (non-hydrogen) atoms. The summed E-state index contributed by atoms with van der Waals surface area (Å²) in [6.07, 6.45) is -2.96. The smallest absolute Gasteiger partial charge is 0.387 e. The average molecular weight is 306 g/mol. The van der Waals surface area contributed by atoms with Crippen LogP contribution in [-0.4, -0.2) is 39.9 Å². The normalized spacial score (nSPS) is 40.5. The van der Waals surface area contributed by atoms with Gasteiger partial charge in [0.25, 0.3) is 0 Å². The zero-order chi connectivity index (χ0) is 14.5. The van der Waals surface area contributed by atoms with E-state index in [9.17, 15) is 19.4 Å².